The van der Waals surface area contributed by atoms with Gasteiger partial charge in [0.05, 0.1) is 17.4 Å². The van der Waals surface area contributed by atoms with Crippen LogP contribution >= 0.6 is 0 Å². The highest BCUT2D eigenvalue weighted by Crippen LogP contribution is 2.22. The number of carbonyl (C=O) groups is 1. The zero-order chi connectivity index (χ0) is 17.1. The lowest BCUT2D eigenvalue weighted by Gasteiger charge is -2.23. The van der Waals surface area contributed by atoms with Crippen LogP contribution in [0.1, 0.15) is 29.1 Å². The second-order valence-electron chi connectivity index (χ2n) is 5.44. The summed E-state index contributed by atoms with van der Waals surface area (Å²) in [6.45, 7) is 1.90. The molecule has 2 N–H and O–H groups in total. The lowest BCUT2D eigenvalue weighted by Crippen LogP contribution is -2.30. The summed E-state index contributed by atoms with van der Waals surface area (Å²) in [5, 5.41) is 16.3. The van der Waals surface area contributed by atoms with Crippen LogP contribution < -0.4 is 0 Å². The minimum atomic E-state index is -0.194. The molecule has 2 aromatic heterocycles. The fraction of sp³-hybridized carbons (Fsp3) is 0.176. The van der Waals surface area contributed by atoms with Gasteiger partial charge >= 0.3 is 0 Å². The molecule has 24 heavy (non-hydrogen) atoms. The summed E-state index contributed by atoms with van der Waals surface area (Å²) in [5.41, 5.74) is 2.61. The first-order chi connectivity index (χ1) is 11.6. The normalized spacial score (nSPS) is 11.9. The predicted octanol–water partition coefficient (Wildman–Crippen LogP) is 2.41. The number of nitrogens with one attached hydrogen (secondary N) is 1. The van der Waals surface area contributed by atoms with E-state index in [1.165, 1.54) is 6.33 Å². The number of rotatable bonds is 4. The number of phenolic OH excluding ortho intramolecular Hbond substituents is 1. The molecule has 7 heteroatoms. The van der Waals surface area contributed by atoms with Crippen molar-refractivity contribution in [3.8, 4) is 17.0 Å². The summed E-state index contributed by atoms with van der Waals surface area (Å²) < 4.78 is 0. The van der Waals surface area contributed by atoms with Crippen LogP contribution in [0.15, 0.2) is 48.9 Å². The average Bonchev–Trinajstić information content (AvgIpc) is 3.11. The van der Waals surface area contributed by atoms with Crippen LogP contribution in [0.2, 0.25) is 0 Å². The van der Waals surface area contributed by atoms with E-state index < -0.39 is 0 Å². The first-order valence-corrected chi connectivity index (χ1v) is 7.44. The number of aromatic amines is 1. The molecule has 7 nitrogen and oxygen atoms in total. The number of hydrogen-bond acceptors (Lipinski definition) is 5. The number of H-pyrrole nitrogens is 1. The van der Waals surface area contributed by atoms with E-state index in [0.29, 0.717) is 11.4 Å². The molecular weight excluding hydrogens is 306 g/mol. The average molecular weight is 323 g/mol. The molecule has 1 aromatic carbocycles. The Bertz CT molecular complexity index is 830. The second kappa shape index (κ2) is 6.49. The van der Waals surface area contributed by atoms with Crippen molar-refractivity contribution in [2.24, 2.45) is 0 Å². The van der Waals surface area contributed by atoms with Crippen LogP contribution in [0.25, 0.3) is 11.3 Å². The first kappa shape index (κ1) is 15.7. The zero-order valence-electron chi connectivity index (χ0n) is 13.3. The molecule has 122 valence electrons. The standard InChI is InChI=1S/C17H17N5O2/c1-11(14-7-8-18-10-19-14)22(2)17(24)16-9-15(20-21-16)12-3-5-13(23)6-4-12/h3-11,23H,1-2H3,(H,20,21)/t11-/m1/s1. The third-order valence-electron chi connectivity index (χ3n) is 3.91. The number of aromatic nitrogens is 4. The maximum absolute atomic E-state index is 12.6. The Hall–Kier alpha value is -3.22. The maximum atomic E-state index is 12.6. The van der Waals surface area contributed by atoms with Crippen molar-refractivity contribution in [1.82, 2.24) is 25.1 Å². The van der Waals surface area contributed by atoms with Crippen molar-refractivity contribution >= 4 is 5.91 Å². The van der Waals surface area contributed by atoms with Gasteiger partial charge in [-0.1, -0.05) is 0 Å². The number of aromatic hydroxyl groups is 1. The Morgan fingerprint density at radius 2 is 2.00 bits per heavy atom. The van der Waals surface area contributed by atoms with E-state index in [0.717, 1.165) is 11.3 Å². The minimum Gasteiger partial charge on any atom is -0.508 e. The van der Waals surface area contributed by atoms with E-state index in [9.17, 15) is 9.90 Å². The number of nitrogens with zero attached hydrogens (tertiary/aromatic N) is 4. The monoisotopic (exact) mass is 323 g/mol. The quantitative estimate of drug-likeness (QED) is 0.769. The van der Waals surface area contributed by atoms with E-state index in [2.05, 4.69) is 20.2 Å². The summed E-state index contributed by atoms with van der Waals surface area (Å²) in [5.74, 6) is 0.00244. The Labute approximate surface area is 139 Å². The molecular formula is C17H17N5O2. The van der Waals surface area contributed by atoms with Crippen molar-refractivity contribution in [2.75, 3.05) is 7.05 Å². The third kappa shape index (κ3) is 3.10. The lowest BCUT2D eigenvalue weighted by atomic mass is 10.1. The van der Waals surface area contributed by atoms with Gasteiger partial charge in [-0.15, -0.1) is 0 Å². The number of hydrogen-bond donors (Lipinski definition) is 2. The summed E-state index contributed by atoms with van der Waals surface area (Å²) >= 11 is 0. The summed E-state index contributed by atoms with van der Waals surface area (Å²) in [7, 11) is 1.72. The fourth-order valence-electron chi connectivity index (χ4n) is 2.32. The van der Waals surface area contributed by atoms with E-state index in [-0.39, 0.29) is 17.7 Å². The number of benzene rings is 1. The van der Waals surface area contributed by atoms with Gasteiger partial charge in [0, 0.05) is 18.8 Å². The van der Waals surface area contributed by atoms with Gasteiger partial charge in [0.25, 0.3) is 5.91 Å². The fourth-order valence-corrected chi connectivity index (χ4v) is 2.32. The molecule has 1 amide bonds. The van der Waals surface area contributed by atoms with Crippen LogP contribution in [0.5, 0.6) is 5.75 Å². The van der Waals surface area contributed by atoms with Gasteiger partial charge in [-0.25, -0.2) is 9.97 Å². The van der Waals surface area contributed by atoms with E-state index >= 15 is 0 Å². The molecule has 0 unspecified atom stereocenters. The van der Waals surface area contributed by atoms with Crippen LogP contribution in [-0.4, -0.2) is 43.1 Å². The van der Waals surface area contributed by atoms with Gasteiger partial charge in [-0.3, -0.25) is 9.89 Å². The van der Waals surface area contributed by atoms with E-state index in [1.54, 1.807) is 54.5 Å². The molecule has 0 bridgehead atoms. The highest BCUT2D eigenvalue weighted by Gasteiger charge is 2.21. The van der Waals surface area contributed by atoms with Gasteiger partial charge in [-0.05, 0) is 43.3 Å². The summed E-state index contributed by atoms with van der Waals surface area (Å²) in [4.78, 5) is 22.3. The van der Waals surface area contributed by atoms with Gasteiger partial charge in [0.2, 0.25) is 0 Å². The number of amides is 1. The molecule has 0 aliphatic rings. The molecule has 0 aliphatic heterocycles. The van der Waals surface area contributed by atoms with Crippen LogP contribution in [0.4, 0.5) is 0 Å². The van der Waals surface area contributed by atoms with Gasteiger partial charge in [-0.2, -0.15) is 5.10 Å². The van der Waals surface area contributed by atoms with Crippen molar-refractivity contribution in [3.05, 3.63) is 60.3 Å². The highest BCUT2D eigenvalue weighted by molar-refractivity contribution is 5.93. The van der Waals surface area contributed by atoms with E-state index in [4.69, 9.17) is 0 Å². The van der Waals surface area contributed by atoms with Crippen LogP contribution in [0.3, 0.4) is 0 Å². The summed E-state index contributed by atoms with van der Waals surface area (Å²) in [6, 6.07) is 9.92. The van der Waals surface area contributed by atoms with Crippen LogP contribution in [0, 0.1) is 0 Å². The Morgan fingerprint density at radius 1 is 1.25 bits per heavy atom. The van der Waals surface area contributed by atoms with Gasteiger partial charge < -0.3 is 10.0 Å². The summed E-state index contributed by atoms with van der Waals surface area (Å²) in [6.07, 6.45) is 3.11. The number of carbonyl (C=O) groups excluding carboxylic acids is 1. The van der Waals surface area contributed by atoms with Gasteiger partial charge in [0.1, 0.15) is 17.8 Å². The zero-order valence-corrected chi connectivity index (χ0v) is 13.3. The molecule has 0 saturated carbocycles. The maximum Gasteiger partial charge on any atom is 0.272 e. The Kier molecular flexibility index (Phi) is 4.24. The van der Waals surface area contributed by atoms with E-state index in [1.807, 2.05) is 6.92 Å². The van der Waals surface area contributed by atoms with Crippen molar-refractivity contribution in [1.29, 1.82) is 0 Å². The predicted molar refractivity (Wildman–Crippen MR) is 88.2 cm³/mol. The smallest absolute Gasteiger partial charge is 0.272 e. The lowest BCUT2D eigenvalue weighted by molar-refractivity contribution is 0.0733. The molecule has 0 fully saturated rings. The molecule has 2 heterocycles. The first-order valence-electron chi connectivity index (χ1n) is 7.44. The van der Waals surface area contributed by atoms with Crippen molar-refractivity contribution in [3.63, 3.8) is 0 Å². The topological polar surface area (TPSA) is 95.0 Å². The second-order valence-corrected chi connectivity index (χ2v) is 5.44. The largest absolute Gasteiger partial charge is 0.508 e. The van der Waals surface area contributed by atoms with Crippen LogP contribution in [-0.2, 0) is 0 Å². The molecule has 0 saturated heterocycles. The molecule has 3 aromatic rings. The number of phenols is 1. The molecule has 0 aliphatic carbocycles. The molecule has 0 spiro atoms. The van der Waals surface area contributed by atoms with Crippen molar-refractivity contribution < 1.29 is 9.90 Å². The van der Waals surface area contributed by atoms with Crippen molar-refractivity contribution in [2.45, 2.75) is 13.0 Å². The minimum absolute atomic E-state index is 0.182. The molecule has 3 rings (SSSR count). The molecule has 0 radical (unpaired) electrons. The highest BCUT2D eigenvalue weighted by atomic mass is 16.3. The molecule has 1 atom stereocenters. The Balaban J connectivity index is 1.79. The third-order valence-corrected chi connectivity index (χ3v) is 3.91. The Morgan fingerprint density at radius 3 is 2.67 bits per heavy atom. The van der Waals surface area contributed by atoms with Gasteiger partial charge in [0.15, 0.2) is 0 Å². The SMILES string of the molecule is C[C@H](c1ccncn1)N(C)C(=O)c1cc(-c2ccc(O)cc2)n[nH]1.